The number of ether oxygens (including phenoxy) is 1. The van der Waals surface area contributed by atoms with Gasteiger partial charge in [0.25, 0.3) is 5.91 Å². The maximum atomic E-state index is 12.5. The fourth-order valence-electron chi connectivity index (χ4n) is 3.71. The molecular formula is C19H26N2O2. The van der Waals surface area contributed by atoms with Crippen LogP contribution in [0.4, 0.5) is 0 Å². The number of aromatic nitrogens is 1. The van der Waals surface area contributed by atoms with Crippen LogP contribution in [0.25, 0.3) is 10.9 Å². The monoisotopic (exact) mass is 314 g/mol. The Labute approximate surface area is 137 Å². The quantitative estimate of drug-likeness (QED) is 0.866. The normalized spacial score (nSPS) is 17.1. The maximum absolute atomic E-state index is 12.5. The van der Waals surface area contributed by atoms with E-state index in [0.29, 0.717) is 5.69 Å². The molecule has 1 aromatic carbocycles. The van der Waals surface area contributed by atoms with E-state index in [0.717, 1.165) is 29.0 Å². The predicted molar refractivity (Wildman–Crippen MR) is 93.0 cm³/mol. The van der Waals surface area contributed by atoms with Gasteiger partial charge in [0.05, 0.1) is 7.11 Å². The summed E-state index contributed by atoms with van der Waals surface area (Å²) in [5.74, 6) is 1.52. The number of carbonyl (C=O) groups is 1. The number of benzene rings is 1. The van der Waals surface area contributed by atoms with E-state index in [2.05, 4.69) is 17.2 Å². The van der Waals surface area contributed by atoms with Gasteiger partial charge >= 0.3 is 0 Å². The lowest BCUT2D eigenvalue weighted by Gasteiger charge is -2.25. The van der Waals surface area contributed by atoms with Gasteiger partial charge in [0, 0.05) is 16.9 Å². The van der Waals surface area contributed by atoms with Crippen molar-refractivity contribution in [3.63, 3.8) is 0 Å². The molecule has 1 atom stereocenters. The van der Waals surface area contributed by atoms with Crippen molar-refractivity contribution in [2.75, 3.05) is 7.11 Å². The topological polar surface area (TPSA) is 54.1 Å². The molecule has 3 rings (SSSR count). The molecule has 1 saturated carbocycles. The van der Waals surface area contributed by atoms with Crippen molar-refractivity contribution in [1.29, 1.82) is 0 Å². The molecule has 0 bridgehead atoms. The third kappa shape index (κ3) is 3.69. The highest BCUT2D eigenvalue weighted by Gasteiger charge is 2.19. The molecule has 1 fully saturated rings. The molecule has 1 aliphatic rings. The number of hydrogen-bond donors (Lipinski definition) is 2. The van der Waals surface area contributed by atoms with Gasteiger partial charge in [-0.15, -0.1) is 0 Å². The number of carbonyl (C=O) groups excluding carboxylic acids is 1. The van der Waals surface area contributed by atoms with Crippen LogP contribution in [0.5, 0.6) is 5.75 Å². The highest BCUT2D eigenvalue weighted by Crippen LogP contribution is 2.28. The van der Waals surface area contributed by atoms with Crippen LogP contribution in [0.2, 0.25) is 0 Å². The van der Waals surface area contributed by atoms with E-state index >= 15 is 0 Å². The van der Waals surface area contributed by atoms with Gasteiger partial charge in [-0.2, -0.15) is 0 Å². The van der Waals surface area contributed by atoms with Crippen LogP contribution in [0.3, 0.4) is 0 Å². The van der Waals surface area contributed by atoms with Crippen LogP contribution in [-0.2, 0) is 0 Å². The maximum Gasteiger partial charge on any atom is 0.267 e. The SMILES string of the molecule is COc1cccc2[nH]c(C(=O)NC(C)CC3CCCCC3)cc12. The number of hydrogen-bond acceptors (Lipinski definition) is 2. The second kappa shape index (κ2) is 7.07. The molecule has 1 aromatic heterocycles. The summed E-state index contributed by atoms with van der Waals surface area (Å²) in [4.78, 5) is 15.7. The molecule has 1 aliphatic carbocycles. The lowest BCUT2D eigenvalue weighted by molar-refractivity contribution is 0.0928. The van der Waals surface area contributed by atoms with Crippen molar-refractivity contribution in [2.45, 2.75) is 51.5 Å². The van der Waals surface area contributed by atoms with Crippen molar-refractivity contribution in [3.8, 4) is 5.75 Å². The first-order valence-corrected chi connectivity index (χ1v) is 8.64. The molecule has 1 heterocycles. The van der Waals surface area contributed by atoms with Gasteiger partial charge in [0.1, 0.15) is 11.4 Å². The Morgan fingerprint density at radius 2 is 2.13 bits per heavy atom. The van der Waals surface area contributed by atoms with Gasteiger partial charge in [-0.25, -0.2) is 0 Å². The second-order valence-electron chi connectivity index (χ2n) is 6.72. The number of aromatic amines is 1. The van der Waals surface area contributed by atoms with Crippen LogP contribution in [-0.4, -0.2) is 24.0 Å². The molecule has 4 heteroatoms. The van der Waals surface area contributed by atoms with Crippen LogP contribution >= 0.6 is 0 Å². The van der Waals surface area contributed by atoms with Gasteiger partial charge in [0.15, 0.2) is 0 Å². The minimum Gasteiger partial charge on any atom is -0.496 e. The second-order valence-corrected chi connectivity index (χ2v) is 6.72. The van der Waals surface area contributed by atoms with Crippen LogP contribution in [0.15, 0.2) is 24.3 Å². The summed E-state index contributed by atoms with van der Waals surface area (Å²) in [6.45, 7) is 2.11. The third-order valence-corrected chi connectivity index (χ3v) is 4.88. The van der Waals surface area contributed by atoms with Gasteiger partial charge in [-0.3, -0.25) is 4.79 Å². The highest BCUT2D eigenvalue weighted by atomic mass is 16.5. The average molecular weight is 314 g/mol. The van der Waals surface area contributed by atoms with E-state index in [1.165, 1.54) is 32.1 Å². The Morgan fingerprint density at radius 1 is 1.35 bits per heavy atom. The predicted octanol–water partition coefficient (Wildman–Crippen LogP) is 4.27. The zero-order valence-electron chi connectivity index (χ0n) is 14.0. The van der Waals surface area contributed by atoms with Crippen molar-refractivity contribution < 1.29 is 9.53 Å². The van der Waals surface area contributed by atoms with Gasteiger partial charge in [0.2, 0.25) is 0 Å². The summed E-state index contributed by atoms with van der Waals surface area (Å²) in [6, 6.07) is 7.87. The van der Waals surface area contributed by atoms with Crippen molar-refractivity contribution in [2.24, 2.45) is 5.92 Å². The van der Waals surface area contributed by atoms with E-state index in [4.69, 9.17) is 4.74 Å². The molecule has 2 N–H and O–H groups in total. The zero-order chi connectivity index (χ0) is 16.2. The Kier molecular flexibility index (Phi) is 4.89. The van der Waals surface area contributed by atoms with E-state index < -0.39 is 0 Å². The lowest BCUT2D eigenvalue weighted by Crippen LogP contribution is -2.34. The van der Waals surface area contributed by atoms with Gasteiger partial charge < -0.3 is 15.0 Å². The Hall–Kier alpha value is -1.97. The largest absolute Gasteiger partial charge is 0.496 e. The van der Waals surface area contributed by atoms with Crippen molar-refractivity contribution >= 4 is 16.8 Å². The first-order chi connectivity index (χ1) is 11.2. The molecule has 2 aromatic rings. The number of rotatable bonds is 5. The third-order valence-electron chi connectivity index (χ3n) is 4.88. The summed E-state index contributed by atoms with van der Waals surface area (Å²) in [6.07, 6.45) is 7.75. The lowest BCUT2D eigenvalue weighted by atomic mass is 9.85. The van der Waals surface area contributed by atoms with Gasteiger partial charge in [-0.05, 0) is 37.5 Å². The van der Waals surface area contributed by atoms with Crippen molar-refractivity contribution in [1.82, 2.24) is 10.3 Å². The summed E-state index contributed by atoms with van der Waals surface area (Å²) in [7, 11) is 1.65. The fraction of sp³-hybridized carbons (Fsp3) is 0.526. The number of H-pyrrole nitrogens is 1. The Bertz CT molecular complexity index is 671. The zero-order valence-corrected chi connectivity index (χ0v) is 14.0. The molecule has 0 spiro atoms. The molecule has 23 heavy (non-hydrogen) atoms. The first kappa shape index (κ1) is 15.9. The summed E-state index contributed by atoms with van der Waals surface area (Å²) >= 11 is 0. The van der Waals surface area contributed by atoms with Crippen molar-refractivity contribution in [3.05, 3.63) is 30.0 Å². The Balaban J connectivity index is 1.65. The molecule has 124 valence electrons. The van der Waals surface area contributed by atoms with Gasteiger partial charge in [-0.1, -0.05) is 38.2 Å². The van der Waals surface area contributed by atoms with E-state index in [9.17, 15) is 4.79 Å². The molecule has 1 amide bonds. The number of methoxy groups -OCH3 is 1. The smallest absolute Gasteiger partial charge is 0.267 e. The average Bonchev–Trinajstić information content (AvgIpc) is 3.00. The summed E-state index contributed by atoms with van der Waals surface area (Å²) < 4.78 is 5.35. The minimum absolute atomic E-state index is 0.0356. The fourth-order valence-corrected chi connectivity index (χ4v) is 3.71. The van der Waals surface area contributed by atoms with Crippen LogP contribution < -0.4 is 10.1 Å². The van der Waals surface area contributed by atoms with E-state index in [-0.39, 0.29) is 11.9 Å². The molecule has 4 nitrogen and oxygen atoms in total. The molecule has 1 unspecified atom stereocenters. The number of nitrogens with one attached hydrogen (secondary N) is 2. The minimum atomic E-state index is -0.0356. The summed E-state index contributed by atoms with van der Waals surface area (Å²) in [5.41, 5.74) is 1.52. The Morgan fingerprint density at radius 3 is 2.87 bits per heavy atom. The van der Waals surface area contributed by atoms with Crippen LogP contribution in [0, 0.1) is 5.92 Å². The van der Waals surface area contributed by atoms with E-state index in [1.807, 2.05) is 24.3 Å². The standard InChI is InChI=1S/C19H26N2O2/c1-13(11-14-7-4-3-5-8-14)20-19(22)17-12-15-16(21-17)9-6-10-18(15)23-2/h6,9-10,12-14,21H,3-5,7-8,11H2,1-2H3,(H,20,22). The molecule has 0 radical (unpaired) electrons. The highest BCUT2D eigenvalue weighted by molar-refractivity contribution is 5.99. The molecular weight excluding hydrogens is 288 g/mol. The molecule has 0 saturated heterocycles. The summed E-state index contributed by atoms with van der Waals surface area (Å²) in [5, 5.41) is 4.08. The van der Waals surface area contributed by atoms with Crippen LogP contribution in [0.1, 0.15) is 55.9 Å². The molecule has 0 aliphatic heterocycles. The number of fused-ring (bicyclic) bond motifs is 1. The van der Waals surface area contributed by atoms with E-state index in [1.54, 1.807) is 7.11 Å². The number of amides is 1. The first-order valence-electron chi connectivity index (χ1n) is 8.64.